The Morgan fingerprint density at radius 2 is 1.17 bits per heavy atom. The maximum Gasteiger partial charge on any atom is 0.213 e. The standard InChI is InChI=1S/C33H32N2/c1-25-16-17-31(27(3)23-25)33-24-29(28-12-5-4-6-13-28)18-20-35(33)22-21-34-19-10-9-15-32(34)30-14-8-7-11-26(30)2/h4-20,23-24H,21-22H2,1-3H3/q+2. The highest BCUT2D eigenvalue weighted by Crippen LogP contribution is 2.26. The van der Waals surface area contributed by atoms with Crippen LogP contribution in [0.15, 0.2) is 116 Å². The van der Waals surface area contributed by atoms with Gasteiger partial charge in [-0.2, -0.15) is 9.13 Å². The minimum absolute atomic E-state index is 0.880. The van der Waals surface area contributed by atoms with Crippen LogP contribution < -0.4 is 9.13 Å². The molecule has 0 atom stereocenters. The smallest absolute Gasteiger partial charge is 0.192 e. The lowest BCUT2D eigenvalue weighted by Crippen LogP contribution is -2.46. The lowest BCUT2D eigenvalue weighted by molar-refractivity contribution is -0.768. The molecule has 2 heteroatoms. The monoisotopic (exact) mass is 456 g/mol. The number of benzene rings is 3. The van der Waals surface area contributed by atoms with E-state index in [4.69, 9.17) is 0 Å². The van der Waals surface area contributed by atoms with E-state index >= 15 is 0 Å². The van der Waals surface area contributed by atoms with Crippen LogP contribution in [0.5, 0.6) is 0 Å². The predicted molar refractivity (Wildman–Crippen MR) is 144 cm³/mol. The van der Waals surface area contributed by atoms with Gasteiger partial charge < -0.3 is 0 Å². The van der Waals surface area contributed by atoms with Crippen LogP contribution in [0, 0.1) is 20.8 Å². The molecule has 2 heterocycles. The lowest BCUT2D eigenvalue weighted by atomic mass is 9.99. The van der Waals surface area contributed by atoms with Crippen molar-refractivity contribution in [2.45, 2.75) is 33.9 Å². The molecule has 0 fully saturated rings. The van der Waals surface area contributed by atoms with E-state index < -0.39 is 0 Å². The Morgan fingerprint density at radius 3 is 1.94 bits per heavy atom. The normalized spacial score (nSPS) is 10.9. The summed E-state index contributed by atoms with van der Waals surface area (Å²) in [6.45, 7) is 8.32. The predicted octanol–water partition coefficient (Wildman–Crippen LogP) is 6.89. The summed E-state index contributed by atoms with van der Waals surface area (Å²) in [6, 6.07) is 37.0. The lowest BCUT2D eigenvalue weighted by Gasteiger charge is -2.10. The maximum atomic E-state index is 2.39. The quantitative estimate of drug-likeness (QED) is 0.246. The number of pyridine rings is 2. The zero-order valence-corrected chi connectivity index (χ0v) is 20.8. The minimum atomic E-state index is 0.880. The van der Waals surface area contributed by atoms with Gasteiger partial charge in [0.2, 0.25) is 24.5 Å². The second-order valence-corrected chi connectivity index (χ2v) is 9.27. The van der Waals surface area contributed by atoms with Crippen molar-refractivity contribution in [3.05, 3.63) is 132 Å². The fourth-order valence-corrected chi connectivity index (χ4v) is 4.86. The van der Waals surface area contributed by atoms with E-state index in [1.54, 1.807) is 0 Å². The van der Waals surface area contributed by atoms with E-state index in [0.29, 0.717) is 0 Å². The van der Waals surface area contributed by atoms with Gasteiger partial charge in [0.1, 0.15) is 0 Å². The number of nitrogens with zero attached hydrogens (tertiary/aromatic N) is 2. The first-order valence-electron chi connectivity index (χ1n) is 12.3. The summed E-state index contributed by atoms with van der Waals surface area (Å²) in [7, 11) is 0. The maximum absolute atomic E-state index is 2.39. The summed E-state index contributed by atoms with van der Waals surface area (Å²) in [6.07, 6.45) is 4.44. The number of hydrogen-bond donors (Lipinski definition) is 0. The molecule has 0 bridgehead atoms. The van der Waals surface area contributed by atoms with Crippen LogP contribution in [0.3, 0.4) is 0 Å². The molecule has 0 saturated carbocycles. The van der Waals surface area contributed by atoms with E-state index in [9.17, 15) is 0 Å². The van der Waals surface area contributed by atoms with Crippen molar-refractivity contribution < 1.29 is 9.13 Å². The van der Waals surface area contributed by atoms with E-state index in [0.717, 1.165) is 13.1 Å². The molecule has 0 aliphatic carbocycles. The van der Waals surface area contributed by atoms with Crippen LogP contribution in [-0.2, 0) is 13.1 Å². The molecule has 5 rings (SSSR count). The molecule has 0 unspecified atom stereocenters. The summed E-state index contributed by atoms with van der Waals surface area (Å²) < 4.78 is 4.76. The molecule has 3 aromatic carbocycles. The molecular formula is C33H32N2+2. The average Bonchev–Trinajstić information content (AvgIpc) is 2.89. The number of aryl methyl sites for hydroxylation is 5. The van der Waals surface area contributed by atoms with Gasteiger partial charge in [-0.05, 0) is 61.2 Å². The van der Waals surface area contributed by atoms with Gasteiger partial charge in [-0.25, -0.2) is 0 Å². The van der Waals surface area contributed by atoms with Gasteiger partial charge in [0, 0.05) is 35.4 Å². The van der Waals surface area contributed by atoms with Crippen LogP contribution in [0.4, 0.5) is 0 Å². The van der Waals surface area contributed by atoms with E-state index in [2.05, 4.69) is 145 Å². The second kappa shape index (κ2) is 10.1. The van der Waals surface area contributed by atoms with Gasteiger partial charge in [-0.1, -0.05) is 66.2 Å². The fraction of sp³-hybridized carbons (Fsp3) is 0.152. The Bertz CT molecular complexity index is 1470. The third kappa shape index (κ3) is 4.93. The third-order valence-electron chi connectivity index (χ3n) is 6.74. The molecule has 2 nitrogen and oxygen atoms in total. The number of hydrogen-bond acceptors (Lipinski definition) is 0. The van der Waals surface area contributed by atoms with Crippen LogP contribution in [0.1, 0.15) is 16.7 Å². The van der Waals surface area contributed by atoms with E-state index in [-0.39, 0.29) is 0 Å². The molecule has 35 heavy (non-hydrogen) atoms. The summed E-state index contributed by atoms with van der Waals surface area (Å²) in [5.74, 6) is 0. The Morgan fingerprint density at radius 1 is 0.486 bits per heavy atom. The van der Waals surface area contributed by atoms with Crippen LogP contribution >= 0.6 is 0 Å². The van der Waals surface area contributed by atoms with Crippen molar-refractivity contribution in [3.8, 4) is 33.6 Å². The molecular weight excluding hydrogens is 424 g/mol. The van der Waals surface area contributed by atoms with Crippen molar-refractivity contribution in [3.63, 3.8) is 0 Å². The van der Waals surface area contributed by atoms with Crippen molar-refractivity contribution in [1.82, 2.24) is 0 Å². The molecule has 0 spiro atoms. The first kappa shape index (κ1) is 22.7. The highest BCUT2D eigenvalue weighted by atomic mass is 15.0. The van der Waals surface area contributed by atoms with E-state index in [1.807, 2.05) is 0 Å². The van der Waals surface area contributed by atoms with Gasteiger partial charge in [0.05, 0.1) is 0 Å². The first-order chi connectivity index (χ1) is 17.1. The minimum Gasteiger partial charge on any atom is -0.192 e. The zero-order valence-electron chi connectivity index (χ0n) is 20.8. The summed E-state index contributed by atoms with van der Waals surface area (Å²) in [4.78, 5) is 0. The van der Waals surface area contributed by atoms with Gasteiger partial charge in [0.15, 0.2) is 12.4 Å². The molecule has 0 aliphatic rings. The summed E-state index contributed by atoms with van der Waals surface area (Å²) in [5, 5.41) is 0. The highest BCUT2D eigenvalue weighted by molar-refractivity contribution is 5.70. The van der Waals surface area contributed by atoms with Crippen LogP contribution in [0.2, 0.25) is 0 Å². The first-order valence-corrected chi connectivity index (χ1v) is 12.3. The molecule has 5 aromatic rings. The number of aromatic nitrogens is 2. The number of rotatable bonds is 6. The largest absolute Gasteiger partial charge is 0.213 e. The SMILES string of the molecule is Cc1ccc(-c2cc(-c3ccccc3)cc[n+]2CC[n+]2ccccc2-c2ccccc2C)c(C)c1. The summed E-state index contributed by atoms with van der Waals surface area (Å²) >= 11 is 0. The zero-order chi connectivity index (χ0) is 24.2. The third-order valence-corrected chi connectivity index (χ3v) is 6.74. The van der Waals surface area contributed by atoms with Gasteiger partial charge in [0.25, 0.3) is 0 Å². The van der Waals surface area contributed by atoms with Gasteiger partial charge in [-0.3, -0.25) is 0 Å². The Kier molecular flexibility index (Phi) is 6.54. The Balaban J connectivity index is 1.54. The van der Waals surface area contributed by atoms with Crippen molar-refractivity contribution in [2.24, 2.45) is 0 Å². The average molecular weight is 457 g/mol. The molecule has 0 amide bonds. The molecule has 0 radical (unpaired) electrons. The molecule has 0 aliphatic heterocycles. The van der Waals surface area contributed by atoms with E-state index in [1.165, 1.54) is 50.3 Å². The Hall–Kier alpha value is -4.04. The Labute approximate surface area is 208 Å². The van der Waals surface area contributed by atoms with Crippen molar-refractivity contribution in [1.29, 1.82) is 0 Å². The van der Waals surface area contributed by atoms with Crippen molar-refractivity contribution >= 4 is 0 Å². The topological polar surface area (TPSA) is 7.76 Å². The molecule has 0 N–H and O–H groups in total. The van der Waals surface area contributed by atoms with Crippen molar-refractivity contribution in [2.75, 3.05) is 0 Å². The second-order valence-electron chi connectivity index (χ2n) is 9.27. The summed E-state index contributed by atoms with van der Waals surface area (Å²) in [5.41, 5.74) is 11.4. The molecule has 172 valence electrons. The van der Waals surface area contributed by atoms with Gasteiger partial charge in [-0.15, -0.1) is 0 Å². The van der Waals surface area contributed by atoms with Crippen LogP contribution in [0.25, 0.3) is 33.6 Å². The highest BCUT2D eigenvalue weighted by Gasteiger charge is 2.20. The van der Waals surface area contributed by atoms with Gasteiger partial charge >= 0.3 is 0 Å². The van der Waals surface area contributed by atoms with Crippen LogP contribution in [-0.4, -0.2) is 0 Å². The molecule has 0 saturated heterocycles. The molecule has 2 aromatic heterocycles. The fourth-order valence-electron chi connectivity index (χ4n) is 4.86.